The van der Waals surface area contributed by atoms with E-state index in [9.17, 15) is 4.79 Å². The van der Waals surface area contributed by atoms with Crippen molar-refractivity contribution in [2.75, 3.05) is 13.2 Å². The summed E-state index contributed by atoms with van der Waals surface area (Å²) >= 11 is 0. The first-order valence-electron chi connectivity index (χ1n) is 12.0. The molecule has 3 aliphatic carbocycles. The maximum atomic E-state index is 12.2. The molecule has 0 radical (unpaired) electrons. The van der Waals surface area contributed by atoms with Crippen LogP contribution in [-0.4, -0.2) is 24.0 Å². The molecular weight excluding hydrogens is 372 g/mol. The second-order valence-electron chi connectivity index (χ2n) is 10.6. The Labute approximate surface area is 180 Å². The first kappa shape index (κ1) is 20.1. The van der Waals surface area contributed by atoms with E-state index in [2.05, 4.69) is 36.3 Å². The first-order chi connectivity index (χ1) is 14.5. The van der Waals surface area contributed by atoms with Crippen molar-refractivity contribution >= 4 is 11.5 Å². The van der Waals surface area contributed by atoms with E-state index in [1.54, 1.807) is 0 Å². The van der Waals surface area contributed by atoms with Crippen molar-refractivity contribution in [2.45, 2.75) is 65.7 Å². The Hall–Kier alpha value is -1.84. The van der Waals surface area contributed by atoms with Crippen molar-refractivity contribution in [3.8, 4) is 5.75 Å². The molecule has 1 N–H and O–H groups in total. The molecule has 5 rings (SSSR count). The monoisotopic (exact) mass is 408 g/mol. The van der Waals surface area contributed by atoms with Gasteiger partial charge < -0.3 is 10.1 Å². The SMILES string of the molecule is CCOc1cncc(C2=CCC3C4CCC5CC(=O)NCCC5(C)C4CCC23C)c1. The van der Waals surface area contributed by atoms with Crippen LogP contribution < -0.4 is 10.1 Å². The fourth-order valence-corrected chi connectivity index (χ4v) is 7.85. The van der Waals surface area contributed by atoms with Crippen molar-refractivity contribution in [2.24, 2.45) is 34.5 Å². The lowest BCUT2D eigenvalue weighted by Gasteiger charge is -2.58. The number of nitrogens with zero attached hydrogens (tertiary/aromatic N) is 1. The molecule has 3 fully saturated rings. The molecule has 4 nitrogen and oxygen atoms in total. The van der Waals surface area contributed by atoms with Gasteiger partial charge in [-0.3, -0.25) is 9.78 Å². The van der Waals surface area contributed by atoms with Gasteiger partial charge in [0.05, 0.1) is 12.8 Å². The van der Waals surface area contributed by atoms with E-state index in [1.807, 2.05) is 19.3 Å². The topological polar surface area (TPSA) is 51.2 Å². The average Bonchev–Trinajstić information content (AvgIpc) is 2.99. The summed E-state index contributed by atoms with van der Waals surface area (Å²) in [4.78, 5) is 16.7. The van der Waals surface area contributed by atoms with Crippen LogP contribution in [0.25, 0.3) is 5.57 Å². The van der Waals surface area contributed by atoms with E-state index >= 15 is 0 Å². The van der Waals surface area contributed by atoms with Crippen LogP contribution in [0.3, 0.4) is 0 Å². The molecule has 30 heavy (non-hydrogen) atoms. The van der Waals surface area contributed by atoms with Gasteiger partial charge >= 0.3 is 0 Å². The lowest BCUT2D eigenvalue weighted by atomic mass is 9.46. The predicted molar refractivity (Wildman–Crippen MR) is 119 cm³/mol. The molecule has 6 atom stereocenters. The van der Waals surface area contributed by atoms with Gasteiger partial charge in [0.2, 0.25) is 5.91 Å². The number of nitrogens with one attached hydrogen (secondary N) is 1. The molecule has 6 unspecified atom stereocenters. The van der Waals surface area contributed by atoms with Crippen LogP contribution in [0.2, 0.25) is 0 Å². The van der Waals surface area contributed by atoms with Crippen LogP contribution in [0.5, 0.6) is 5.75 Å². The molecule has 2 saturated carbocycles. The largest absolute Gasteiger partial charge is 0.492 e. The summed E-state index contributed by atoms with van der Waals surface area (Å²) in [6.07, 6.45) is 14.5. The predicted octanol–water partition coefficient (Wildman–Crippen LogP) is 5.24. The third-order valence-corrected chi connectivity index (χ3v) is 9.40. The van der Waals surface area contributed by atoms with Crippen LogP contribution in [0, 0.1) is 34.5 Å². The summed E-state index contributed by atoms with van der Waals surface area (Å²) in [6.45, 7) is 8.57. The smallest absolute Gasteiger partial charge is 0.220 e. The molecule has 4 aliphatic rings. The normalized spacial score (nSPS) is 40.4. The van der Waals surface area contributed by atoms with Gasteiger partial charge in [0.1, 0.15) is 5.75 Å². The van der Waals surface area contributed by atoms with Crippen LogP contribution in [0.1, 0.15) is 71.3 Å². The molecule has 1 aliphatic heterocycles. The third kappa shape index (κ3) is 3.01. The molecule has 4 heteroatoms. The van der Waals surface area contributed by atoms with Crippen molar-refractivity contribution in [1.29, 1.82) is 0 Å². The highest BCUT2D eigenvalue weighted by Gasteiger charge is 2.58. The number of carbonyl (C=O) groups excluding carboxylic acids is 1. The number of pyridine rings is 1. The Morgan fingerprint density at radius 2 is 2.03 bits per heavy atom. The fourth-order valence-electron chi connectivity index (χ4n) is 7.85. The zero-order valence-electron chi connectivity index (χ0n) is 18.7. The van der Waals surface area contributed by atoms with Gasteiger partial charge in [-0.1, -0.05) is 19.9 Å². The number of hydrogen-bond donors (Lipinski definition) is 1. The second-order valence-corrected chi connectivity index (χ2v) is 10.6. The van der Waals surface area contributed by atoms with E-state index in [0.29, 0.717) is 23.9 Å². The van der Waals surface area contributed by atoms with Crippen molar-refractivity contribution in [3.05, 3.63) is 30.1 Å². The number of allylic oxidation sites excluding steroid dienone is 2. The first-order valence-corrected chi connectivity index (χ1v) is 12.0. The number of hydrogen-bond acceptors (Lipinski definition) is 3. The highest BCUT2D eigenvalue weighted by atomic mass is 16.5. The summed E-state index contributed by atoms with van der Waals surface area (Å²) in [5.74, 6) is 3.95. The number of rotatable bonds is 3. The van der Waals surface area contributed by atoms with Gasteiger partial charge in [-0.15, -0.1) is 0 Å². The van der Waals surface area contributed by atoms with E-state index < -0.39 is 0 Å². The lowest BCUT2D eigenvalue weighted by Crippen LogP contribution is -2.51. The minimum Gasteiger partial charge on any atom is -0.492 e. The lowest BCUT2D eigenvalue weighted by molar-refractivity contribution is -0.124. The summed E-state index contributed by atoms with van der Waals surface area (Å²) in [6, 6.07) is 2.18. The molecule has 1 amide bonds. The molecule has 162 valence electrons. The van der Waals surface area contributed by atoms with Gasteiger partial charge in [0.15, 0.2) is 0 Å². The molecular formula is C26H36N2O2. The number of aromatic nitrogens is 1. The van der Waals surface area contributed by atoms with E-state index in [-0.39, 0.29) is 11.3 Å². The second kappa shape index (κ2) is 7.39. The summed E-state index contributed by atoms with van der Waals surface area (Å²) in [7, 11) is 0. The maximum absolute atomic E-state index is 12.2. The Kier molecular flexibility index (Phi) is 4.95. The number of amides is 1. The quantitative estimate of drug-likeness (QED) is 0.744. The van der Waals surface area contributed by atoms with Gasteiger partial charge in [-0.25, -0.2) is 0 Å². The number of carbonyl (C=O) groups is 1. The summed E-state index contributed by atoms with van der Waals surface area (Å²) in [5.41, 5.74) is 3.27. The van der Waals surface area contributed by atoms with Gasteiger partial charge in [-0.2, -0.15) is 0 Å². The number of ether oxygens (including phenoxy) is 1. The van der Waals surface area contributed by atoms with E-state index in [0.717, 1.165) is 37.0 Å². The summed E-state index contributed by atoms with van der Waals surface area (Å²) < 4.78 is 5.73. The molecule has 0 bridgehead atoms. The highest BCUT2D eigenvalue weighted by Crippen LogP contribution is 2.66. The Morgan fingerprint density at radius 3 is 2.87 bits per heavy atom. The van der Waals surface area contributed by atoms with E-state index in [4.69, 9.17) is 4.74 Å². The standard InChI is InChI=1S/C26H36N2O2/c1-4-30-19-13-17(15-27-16-19)21-7-8-22-20-6-5-18-14-24(29)28-12-11-25(18,2)23(20)9-10-26(21,22)3/h7,13,15-16,18,20,22-23H,4-6,8-12,14H2,1-3H3,(H,28,29). The molecule has 0 aromatic carbocycles. The van der Waals surface area contributed by atoms with Crippen LogP contribution in [-0.2, 0) is 4.79 Å². The third-order valence-electron chi connectivity index (χ3n) is 9.40. The minimum atomic E-state index is 0.232. The Bertz CT molecular complexity index is 864. The fraction of sp³-hybridized carbons (Fsp3) is 0.692. The van der Waals surface area contributed by atoms with Gasteiger partial charge in [-0.05, 0) is 97.2 Å². The number of fused-ring (bicyclic) bond motifs is 5. The molecule has 1 aromatic heterocycles. The Morgan fingerprint density at radius 1 is 1.17 bits per heavy atom. The van der Waals surface area contributed by atoms with E-state index in [1.165, 1.54) is 43.2 Å². The molecule has 1 saturated heterocycles. The molecule has 1 aromatic rings. The van der Waals surface area contributed by atoms with Crippen molar-refractivity contribution in [3.63, 3.8) is 0 Å². The Balaban J connectivity index is 1.42. The zero-order chi connectivity index (χ0) is 20.9. The van der Waals surface area contributed by atoms with Crippen molar-refractivity contribution < 1.29 is 9.53 Å². The van der Waals surface area contributed by atoms with Crippen LogP contribution >= 0.6 is 0 Å². The van der Waals surface area contributed by atoms with Crippen LogP contribution in [0.15, 0.2) is 24.5 Å². The molecule has 2 heterocycles. The van der Waals surface area contributed by atoms with Crippen LogP contribution in [0.4, 0.5) is 0 Å². The zero-order valence-corrected chi connectivity index (χ0v) is 18.7. The van der Waals surface area contributed by atoms with Gasteiger partial charge in [0, 0.05) is 19.2 Å². The van der Waals surface area contributed by atoms with Gasteiger partial charge in [0.25, 0.3) is 0 Å². The minimum absolute atomic E-state index is 0.232. The average molecular weight is 409 g/mol. The summed E-state index contributed by atoms with van der Waals surface area (Å²) in [5, 5.41) is 3.15. The van der Waals surface area contributed by atoms with Crippen molar-refractivity contribution in [1.82, 2.24) is 10.3 Å². The molecule has 0 spiro atoms. The highest BCUT2D eigenvalue weighted by molar-refractivity contribution is 5.76. The maximum Gasteiger partial charge on any atom is 0.220 e.